The van der Waals surface area contributed by atoms with Crippen molar-refractivity contribution in [2.75, 3.05) is 5.32 Å². The fourth-order valence-corrected chi connectivity index (χ4v) is 2.97. The third kappa shape index (κ3) is 3.42. The van der Waals surface area contributed by atoms with Crippen LogP contribution in [0.4, 0.5) is 5.82 Å². The molecule has 0 aliphatic carbocycles. The largest absolute Gasteiger partial charge is 0.362 e. The first-order valence-electron chi connectivity index (χ1n) is 8.75. The van der Waals surface area contributed by atoms with Crippen LogP contribution in [-0.2, 0) is 6.54 Å². The minimum Gasteiger partial charge on any atom is -0.362 e. The number of fused-ring (bicyclic) bond motifs is 1. The molecule has 130 valence electrons. The van der Waals surface area contributed by atoms with E-state index in [0.717, 1.165) is 34.7 Å². The normalized spacial score (nSPS) is 12.2. The van der Waals surface area contributed by atoms with E-state index in [1.54, 1.807) is 0 Å². The molecule has 2 aromatic heterocycles. The highest BCUT2D eigenvalue weighted by Crippen LogP contribution is 2.22. The van der Waals surface area contributed by atoms with E-state index in [4.69, 9.17) is 4.98 Å². The molecule has 0 saturated heterocycles. The molecule has 0 bridgehead atoms. The molecule has 0 fully saturated rings. The molecule has 1 unspecified atom stereocenters. The predicted octanol–water partition coefficient (Wildman–Crippen LogP) is 4.36. The number of para-hydroxylation sites is 2. The monoisotopic (exact) mass is 343 g/mol. The Labute approximate surface area is 152 Å². The van der Waals surface area contributed by atoms with E-state index >= 15 is 0 Å². The Morgan fingerprint density at radius 1 is 0.962 bits per heavy atom. The van der Waals surface area contributed by atoms with Gasteiger partial charge in [-0.3, -0.25) is 4.68 Å². The molecule has 0 radical (unpaired) electrons. The second-order valence-electron chi connectivity index (χ2n) is 6.47. The van der Waals surface area contributed by atoms with Crippen LogP contribution < -0.4 is 5.32 Å². The van der Waals surface area contributed by atoms with Crippen molar-refractivity contribution in [3.8, 4) is 0 Å². The van der Waals surface area contributed by atoms with Crippen LogP contribution in [0.25, 0.3) is 11.0 Å². The number of aromatic nitrogens is 4. The SMILES string of the molecule is Cc1nc2ccccc2nc1NC(C)c1cnn(Cc2ccccc2)c1. The van der Waals surface area contributed by atoms with Crippen LogP contribution >= 0.6 is 0 Å². The Bertz CT molecular complexity index is 1020. The summed E-state index contributed by atoms with van der Waals surface area (Å²) in [6, 6.07) is 18.3. The van der Waals surface area contributed by atoms with Crippen molar-refractivity contribution in [3.05, 3.63) is 83.8 Å². The van der Waals surface area contributed by atoms with Gasteiger partial charge in [0, 0.05) is 11.8 Å². The van der Waals surface area contributed by atoms with Crippen LogP contribution in [0.2, 0.25) is 0 Å². The lowest BCUT2D eigenvalue weighted by Crippen LogP contribution is -2.09. The summed E-state index contributed by atoms with van der Waals surface area (Å²) in [4.78, 5) is 9.35. The molecule has 4 aromatic rings. The summed E-state index contributed by atoms with van der Waals surface area (Å²) in [6.45, 7) is 4.86. The molecule has 5 heteroatoms. The second kappa shape index (κ2) is 6.96. The number of benzene rings is 2. The van der Waals surface area contributed by atoms with E-state index in [-0.39, 0.29) is 6.04 Å². The zero-order chi connectivity index (χ0) is 17.9. The zero-order valence-corrected chi connectivity index (χ0v) is 14.9. The average Bonchev–Trinajstić information content (AvgIpc) is 3.12. The molecular weight excluding hydrogens is 322 g/mol. The molecule has 2 aromatic carbocycles. The van der Waals surface area contributed by atoms with E-state index in [1.165, 1.54) is 5.56 Å². The van der Waals surface area contributed by atoms with E-state index in [2.05, 4.69) is 40.7 Å². The zero-order valence-electron chi connectivity index (χ0n) is 14.9. The van der Waals surface area contributed by atoms with Crippen LogP contribution in [0.15, 0.2) is 67.0 Å². The first kappa shape index (κ1) is 16.3. The standard InChI is InChI=1S/C21H21N5/c1-15(18-12-22-26(14-18)13-17-8-4-3-5-9-17)24-21-16(2)23-19-10-6-7-11-20(19)25-21/h3-12,14-15H,13H2,1-2H3,(H,24,25). The summed E-state index contributed by atoms with van der Waals surface area (Å²) in [5, 5.41) is 7.96. The van der Waals surface area contributed by atoms with Crippen molar-refractivity contribution in [2.45, 2.75) is 26.4 Å². The van der Waals surface area contributed by atoms with Gasteiger partial charge in [-0.2, -0.15) is 5.10 Å². The minimum atomic E-state index is 0.0914. The predicted molar refractivity (Wildman–Crippen MR) is 104 cm³/mol. The van der Waals surface area contributed by atoms with Crippen molar-refractivity contribution in [1.82, 2.24) is 19.7 Å². The van der Waals surface area contributed by atoms with E-state index in [9.17, 15) is 0 Å². The minimum absolute atomic E-state index is 0.0914. The first-order valence-corrected chi connectivity index (χ1v) is 8.75. The van der Waals surface area contributed by atoms with E-state index in [1.807, 2.05) is 60.3 Å². The van der Waals surface area contributed by atoms with Gasteiger partial charge in [0.2, 0.25) is 0 Å². The van der Waals surface area contributed by atoms with Crippen molar-refractivity contribution in [3.63, 3.8) is 0 Å². The van der Waals surface area contributed by atoms with Gasteiger partial charge in [-0.05, 0) is 31.5 Å². The highest BCUT2D eigenvalue weighted by Gasteiger charge is 2.12. The second-order valence-corrected chi connectivity index (χ2v) is 6.47. The maximum Gasteiger partial charge on any atom is 0.148 e. The Hall–Kier alpha value is -3.21. The fraction of sp³-hybridized carbons (Fsp3) is 0.190. The van der Waals surface area contributed by atoms with Gasteiger partial charge in [0.1, 0.15) is 5.82 Å². The molecule has 1 N–H and O–H groups in total. The van der Waals surface area contributed by atoms with Crippen LogP contribution in [0.1, 0.15) is 29.8 Å². The third-order valence-corrected chi connectivity index (χ3v) is 4.44. The number of hydrogen-bond acceptors (Lipinski definition) is 4. The number of rotatable bonds is 5. The summed E-state index contributed by atoms with van der Waals surface area (Å²) in [6.07, 6.45) is 3.99. The van der Waals surface area contributed by atoms with E-state index < -0.39 is 0 Å². The summed E-state index contributed by atoms with van der Waals surface area (Å²) in [7, 11) is 0. The molecule has 0 aliphatic heterocycles. The Balaban J connectivity index is 1.52. The van der Waals surface area contributed by atoms with Gasteiger partial charge in [0.15, 0.2) is 0 Å². The fourth-order valence-electron chi connectivity index (χ4n) is 2.97. The maximum atomic E-state index is 4.71. The summed E-state index contributed by atoms with van der Waals surface area (Å²) < 4.78 is 1.96. The Morgan fingerprint density at radius 3 is 2.42 bits per heavy atom. The van der Waals surface area contributed by atoms with Gasteiger partial charge in [-0.1, -0.05) is 42.5 Å². The summed E-state index contributed by atoms with van der Waals surface area (Å²) in [5.74, 6) is 0.812. The van der Waals surface area contributed by atoms with Crippen LogP contribution in [0.5, 0.6) is 0 Å². The molecule has 1 atom stereocenters. The van der Waals surface area contributed by atoms with Gasteiger partial charge >= 0.3 is 0 Å². The first-order chi connectivity index (χ1) is 12.7. The topological polar surface area (TPSA) is 55.6 Å². The van der Waals surface area contributed by atoms with Crippen molar-refractivity contribution < 1.29 is 0 Å². The average molecular weight is 343 g/mol. The quantitative estimate of drug-likeness (QED) is 0.585. The van der Waals surface area contributed by atoms with Crippen molar-refractivity contribution in [1.29, 1.82) is 0 Å². The molecule has 0 amide bonds. The van der Waals surface area contributed by atoms with Gasteiger partial charge in [-0.15, -0.1) is 0 Å². The number of hydrogen-bond donors (Lipinski definition) is 1. The highest BCUT2D eigenvalue weighted by atomic mass is 15.3. The smallest absolute Gasteiger partial charge is 0.148 e. The molecule has 2 heterocycles. The Morgan fingerprint density at radius 2 is 1.65 bits per heavy atom. The van der Waals surface area contributed by atoms with Crippen molar-refractivity contribution >= 4 is 16.9 Å². The summed E-state index contributed by atoms with van der Waals surface area (Å²) >= 11 is 0. The molecule has 4 rings (SSSR count). The molecule has 0 saturated carbocycles. The molecular formula is C21H21N5. The molecule has 26 heavy (non-hydrogen) atoms. The number of anilines is 1. The van der Waals surface area contributed by atoms with E-state index in [0.29, 0.717) is 0 Å². The number of aryl methyl sites for hydroxylation is 1. The van der Waals surface area contributed by atoms with Crippen molar-refractivity contribution in [2.24, 2.45) is 0 Å². The lowest BCUT2D eigenvalue weighted by molar-refractivity contribution is 0.685. The lowest BCUT2D eigenvalue weighted by Gasteiger charge is -2.15. The highest BCUT2D eigenvalue weighted by molar-refractivity contribution is 5.76. The molecule has 0 spiro atoms. The summed E-state index contributed by atoms with van der Waals surface area (Å²) in [5.41, 5.74) is 5.06. The van der Waals surface area contributed by atoms with Crippen LogP contribution in [0, 0.1) is 6.92 Å². The van der Waals surface area contributed by atoms with Crippen LogP contribution in [-0.4, -0.2) is 19.7 Å². The van der Waals surface area contributed by atoms with Crippen LogP contribution in [0.3, 0.4) is 0 Å². The molecule has 0 aliphatic rings. The number of nitrogens with one attached hydrogen (secondary N) is 1. The third-order valence-electron chi connectivity index (χ3n) is 4.44. The lowest BCUT2D eigenvalue weighted by atomic mass is 10.2. The van der Waals surface area contributed by atoms with Gasteiger partial charge < -0.3 is 5.32 Å². The van der Waals surface area contributed by atoms with Gasteiger partial charge in [0.25, 0.3) is 0 Å². The number of nitrogens with zero attached hydrogens (tertiary/aromatic N) is 4. The van der Waals surface area contributed by atoms with Gasteiger partial charge in [0.05, 0.1) is 35.5 Å². The Kier molecular flexibility index (Phi) is 4.35. The van der Waals surface area contributed by atoms with Gasteiger partial charge in [-0.25, -0.2) is 9.97 Å². The maximum absolute atomic E-state index is 4.71. The molecule has 5 nitrogen and oxygen atoms in total.